The van der Waals surface area contributed by atoms with Crippen molar-refractivity contribution in [2.24, 2.45) is 0 Å². The van der Waals surface area contributed by atoms with Crippen molar-refractivity contribution < 1.29 is 19.0 Å². The smallest absolute Gasteiger partial charge is 0.278 e. The topological polar surface area (TPSA) is 78.5 Å². The molecule has 1 unspecified atom stereocenters. The van der Waals surface area contributed by atoms with E-state index in [4.69, 9.17) is 9.47 Å². The third-order valence-corrected chi connectivity index (χ3v) is 7.65. The summed E-state index contributed by atoms with van der Waals surface area (Å²) in [6, 6.07) is 16.3. The van der Waals surface area contributed by atoms with Crippen LogP contribution in [0.15, 0.2) is 71.8 Å². The van der Waals surface area contributed by atoms with E-state index >= 15 is 0 Å². The van der Waals surface area contributed by atoms with E-state index in [0.29, 0.717) is 35.2 Å². The Hall–Kier alpha value is -3.11. The Morgan fingerprint density at radius 1 is 1.03 bits per heavy atom. The molecule has 7 nitrogen and oxygen atoms in total. The highest BCUT2D eigenvalue weighted by atomic mass is 28.3. The van der Waals surface area contributed by atoms with Crippen molar-refractivity contribution in [1.82, 2.24) is 14.3 Å². The van der Waals surface area contributed by atoms with E-state index in [2.05, 4.69) is 24.7 Å². The number of halogens is 1. The Morgan fingerprint density at radius 3 is 2.44 bits per heavy atom. The van der Waals surface area contributed by atoms with Gasteiger partial charge in [-0.1, -0.05) is 62.1 Å². The lowest BCUT2D eigenvalue weighted by Gasteiger charge is -2.15. The highest BCUT2D eigenvalue weighted by Gasteiger charge is 2.22. The summed E-state index contributed by atoms with van der Waals surface area (Å²) in [5.74, 6) is -0.398. The van der Waals surface area contributed by atoms with Crippen LogP contribution in [0.25, 0.3) is 10.9 Å². The van der Waals surface area contributed by atoms with Crippen LogP contribution in [-0.2, 0) is 29.5 Å². The van der Waals surface area contributed by atoms with Crippen LogP contribution < -0.4 is 5.56 Å². The second-order valence-electron chi connectivity index (χ2n) is 10.0. The van der Waals surface area contributed by atoms with Crippen LogP contribution in [0.5, 0.6) is 0 Å². The van der Waals surface area contributed by atoms with Crippen molar-refractivity contribution in [3.8, 4) is 0 Å². The van der Waals surface area contributed by atoms with E-state index in [-0.39, 0.29) is 19.0 Å². The van der Waals surface area contributed by atoms with E-state index in [1.807, 2.05) is 30.3 Å². The number of hydrogen-bond donors (Lipinski definition) is 1. The lowest BCUT2D eigenvalue weighted by atomic mass is 10.0. The monoisotopic (exact) mass is 509 g/mol. The SMILES string of the molecule is C[Si](C)(C)CCOCn1ncc2c(c(C(O)c3ccc(F)cc3)cn2COCc2ccccc2)c1=O. The molecule has 2 aromatic heterocycles. The number of aliphatic hydroxyl groups excluding tert-OH is 1. The fraction of sp³-hybridized carbons (Fsp3) is 0.333. The van der Waals surface area contributed by atoms with Gasteiger partial charge in [0.1, 0.15) is 25.4 Å². The minimum absolute atomic E-state index is 0.0288. The van der Waals surface area contributed by atoms with Crippen LogP contribution in [0, 0.1) is 5.82 Å². The van der Waals surface area contributed by atoms with Gasteiger partial charge in [-0.05, 0) is 29.3 Å². The molecule has 36 heavy (non-hydrogen) atoms. The Kier molecular flexibility index (Phi) is 8.15. The predicted octanol–water partition coefficient (Wildman–Crippen LogP) is 4.91. The Morgan fingerprint density at radius 2 is 1.75 bits per heavy atom. The standard InChI is InChI=1S/C27H32FN3O4Si/c1-36(2,3)14-13-34-19-31-27(33)25-23(26(32)21-9-11-22(28)12-10-21)16-30(24(25)15-29-31)18-35-17-20-7-5-4-6-8-20/h4-12,15-16,26,32H,13-14,17-19H2,1-3H3. The van der Waals surface area contributed by atoms with Crippen molar-refractivity contribution >= 4 is 19.0 Å². The number of nitrogens with zero attached hydrogens (tertiary/aromatic N) is 3. The summed E-state index contributed by atoms with van der Waals surface area (Å²) in [7, 11) is -1.26. The number of fused-ring (bicyclic) bond motifs is 1. The van der Waals surface area contributed by atoms with Crippen molar-refractivity contribution in [3.05, 3.63) is 99.9 Å². The second-order valence-corrected chi connectivity index (χ2v) is 15.7. The zero-order valence-electron chi connectivity index (χ0n) is 20.9. The largest absolute Gasteiger partial charge is 0.384 e. The maximum Gasteiger partial charge on any atom is 0.278 e. The second kappa shape index (κ2) is 11.3. The molecule has 2 aromatic carbocycles. The van der Waals surface area contributed by atoms with Crippen LogP contribution in [-0.4, -0.2) is 34.1 Å². The van der Waals surface area contributed by atoms with E-state index in [0.717, 1.165) is 11.6 Å². The molecule has 0 saturated heterocycles. The summed E-state index contributed by atoms with van der Waals surface area (Å²) in [4.78, 5) is 13.4. The molecule has 0 radical (unpaired) electrons. The first-order valence-corrected chi connectivity index (χ1v) is 15.7. The van der Waals surface area contributed by atoms with Gasteiger partial charge in [0.2, 0.25) is 0 Å². The first kappa shape index (κ1) is 26.0. The van der Waals surface area contributed by atoms with E-state index in [1.165, 1.54) is 28.9 Å². The van der Waals surface area contributed by atoms with E-state index < -0.39 is 20.0 Å². The summed E-state index contributed by atoms with van der Waals surface area (Å²) < 4.78 is 28.1. The van der Waals surface area contributed by atoms with Crippen molar-refractivity contribution in [1.29, 1.82) is 0 Å². The molecule has 0 aliphatic rings. The van der Waals surface area contributed by atoms with Crippen LogP contribution in [0.3, 0.4) is 0 Å². The highest BCUT2D eigenvalue weighted by molar-refractivity contribution is 6.76. The average Bonchev–Trinajstić information content (AvgIpc) is 3.22. The van der Waals surface area contributed by atoms with Crippen LogP contribution >= 0.6 is 0 Å². The van der Waals surface area contributed by atoms with Gasteiger partial charge in [0.05, 0.1) is 23.7 Å². The maximum atomic E-state index is 13.5. The van der Waals surface area contributed by atoms with E-state index in [1.54, 1.807) is 17.0 Å². The Balaban J connectivity index is 1.64. The van der Waals surface area contributed by atoms with Gasteiger partial charge in [-0.3, -0.25) is 4.79 Å². The molecule has 1 N–H and O–H groups in total. The average molecular weight is 510 g/mol. The third kappa shape index (κ3) is 6.36. The fourth-order valence-corrected chi connectivity index (χ4v) is 4.62. The third-order valence-electron chi connectivity index (χ3n) is 5.95. The van der Waals surface area contributed by atoms with Gasteiger partial charge in [0.15, 0.2) is 0 Å². The number of benzene rings is 2. The summed E-state index contributed by atoms with van der Waals surface area (Å²) in [5.41, 5.74) is 2.09. The normalized spacial score (nSPS) is 12.8. The number of rotatable bonds is 11. The summed E-state index contributed by atoms with van der Waals surface area (Å²) >= 11 is 0. The quantitative estimate of drug-likeness (QED) is 0.230. The molecular formula is C27H32FN3O4Si. The van der Waals surface area contributed by atoms with Gasteiger partial charge in [-0.25, -0.2) is 9.07 Å². The van der Waals surface area contributed by atoms with Crippen LogP contribution in [0.1, 0.15) is 22.8 Å². The Bertz CT molecular complexity index is 1350. The van der Waals surface area contributed by atoms with Gasteiger partial charge < -0.3 is 19.1 Å². The molecular weight excluding hydrogens is 477 g/mol. The lowest BCUT2D eigenvalue weighted by molar-refractivity contribution is 0.0662. The predicted molar refractivity (Wildman–Crippen MR) is 140 cm³/mol. The number of aromatic nitrogens is 3. The first-order chi connectivity index (χ1) is 17.2. The van der Waals surface area contributed by atoms with Gasteiger partial charge in [0.25, 0.3) is 5.56 Å². The summed E-state index contributed by atoms with van der Waals surface area (Å²) in [5, 5.41) is 15.8. The molecule has 1 atom stereocenters. The van der Waals surface area contributed by atoms with Gasteiger partial charge >= 0.3 is 0 Å². The molecule has 2 heterocycles. The zero-order chi connectivity index (χ0) is 25.7. The Labute approximate surface area is 210 Å². The molecule has 190 valence electrons. The van der Waals surface area contributed by atoms with Crippen molar-refractivity contribution in [3.63, 3.8) is 0 Å². The van der Waals surface area contributed by atoms with Gasteiger partial charge in [-0.2, -0.15) is 5.10 Å². The first-order valence-electron chi connectivity index (χ1n) is 11.9. The number of hydrogen-bond acceptors (Lipinski definition) is 5. The minimum atomic E-state index is -1.26. The molecule has 0 saturated carbocycles. The van der Waals surface area contributed by atoms with Crippen LogP contribution in [0.4, 0.5) is 4.39 Å². The molecule has 9 heteroatoms. The molecule has 4 rings (SSSR count). The lowest BCUT2D eigenvalue weighted by Crippen LogP contribution is -2.27. The minimum Gasteiger partial charge on any atom is -0.384 e. The van der Waals surface area contributed by atoms with Gasteiger partial charge in [-0.15, -0.1) is 0 Å². The number of aliphatic hydroxyl groups is 1. The molecule has 0 spiro atoms. The fourth-order valence-electron chi connectivity index (χ4n) is 3.87. The highest BCUT2D eigenvalue weighted by Crippen LogP contribution is 2.29. The molecule has 0 bridgehead atoms. The maximum absolute atomic E-state index is 13.5. The molecule has 0 aliphatic carbocycles. The summed E-state index contributed by atoms with van der Waals surface area (Å²) in [6.07, 6.45) is 2.16. The van der Waals surface area contributed by atoms with E-state index in [9.17, 15) is 14.3 Å². The van der Waals surface area contributed by atoms with Gasteiger partial charge in [0, 0.05) is 26.4 Å². The number of ether oxygens (including phenoxy) is 2. The molecule has 0 aliphatic heterocycles. The van der Waals surface area contributed by atoms with Crippen molar-refractivity contribution in [2.45, 2.75) is 51.9 Å². The van der Waals surface area contributed by atoms with Crippen molar-refractivity contribution in [2.75, 3.05) is 6.61 Å². The molecule has 0 fully saturated rings. The zero-order valence-corrected chi connectivity index (χ0v) is 21.9. The molecule has 0 amide bonds. The molecule has 4 aromatic rings. The van der Waals surface area contributed by atoms with Crippen LogP contribution in [0.2, 0.25) is 25.7 Å². The summed E-state index contributed by atoms with van der Waals surface area (Å²) in [6.45, 7) is 7.93.